The fourth-order valence-electron chi connectivity index (χ4n) is 2.70. The number of piperidine rings is 1. The van der Waals surface area contributed by atoms with E-state index in [2.05, 4.69) is 19.9 Å². The first-order valence-electron chi connectivity index (χ1n) is 7.11. The average Bonchev–Trinajstić information content (AvgIpc) is 3.16. The quantitative estimate of drug-likeness (QED) is 0.801. The maximum absolute atomic E-state index is 11.5. The first-order valence-corrected chi connectivity index (χ1v) is 8.37. The number of thiophene rings is 1. The third kappa shape index (κ3) is 3.48. The summed E-state index contributed by atoms with van der Waals surface area (Å²) in [4.78, 5) is 15.1. The summed E-state index contributed by atoms with van der Waals surface area (Å²) >= 11 is 7.66. The molecule has 0 bridgehead atoms. The summed E-state index contributed by atoms with van der Waals surface area (Å²) in [6.07, 6.45) is 3.80. The maximum atomic E-state index is 11.5. The van der Waals surface area contributed by atoms with E-state index in [-0.39, 0.29) is 11.7 Å². The molecular weight excluding hydrogens is 324 g/mol. The van der Waals surface area contributed by atoms with Crippen molar-refractivity contribution in [3.8, 4) is 0 Å². The van der Waals surface area contributed by atoms with Crippen molar-refractivity contribution in [2.24, 2.45) is 0 Å². The van der Waals surface area contributed by atoms with Gasteiger partial charge in [-0.3, -0.25) is 4.90 Å². The number of ether oxygens (including phenoxy) is 1. The second-order valence-electron chi connectivity index (χ2n) is 5.34. The van der Waals surface area contributed by atoms with Gasteiger partial charge < -0.3 is 4.74 Å². The van der Waals surface area contributed by atoms with Gasteiger partial charge in [0.15, 0.2) is 5.69 Å². The van der Waals surface area contributed by atoms with Crippen molar-refractivity contribution in [3.63, 3.8) is 0 Å². The SMILES string of the molecule is COC(=O)c1cn([C@H]2CCCN(Cc3cc(Cl)cs3)C2)nn1. The molecule has 3 heterocycles. The Hall–Kier alpha value is -1.44. The monoisotopic (exact) mass is 340 g/mol. The lowest BCUT2D eigenvalue weighted by molar-refractivity contribution is 0.0594. The minimum absolute atomic E-state index is 0.232. The highest BCUT2D eigenvalue weighted by atomic mass is 35.5. The molecule has 0 aromatic carbocycles. The molecule has 2 aromatic rings. The van der Waals surface area contributed by atoms with E-state index in [0.29, 0.717) is 0 Å². The minimum atomic E-state index is -0.452. The molecule has 3 rings (SSSR count). The molecule has 1 aliphatic heterocycles. The van der Waals surface area contributed by atoms with Crippen LogP contribution in [0.1, 0.15) is 34.2 Å². The summed E-state index contributed by atoms with van der Waals surface area (Å²) in [5.74, 6) is -0.452. The predicted octanol–water partition coefficient (Wildman–Crippen LogP) is 2.62. The zero-order chi connectivity index (χ0) is 15.5. The minimum Gasteiger partial charge on any atom is -0.464 e. The Kier molecular flexibility index (Phi) is 4.75. The highest BCUT2D eigenvalue weighted by Gasteiger charge is 2.24. The van der Waals surface area contributed by atoms with Crippen LogP contribution in [-0.2, 0) is 11.3 Å². The molecule has 0 saturated carbocycles. The lowest BCUT2D eigenvalue weighted by atomic mass is 10.1. The molecule has 1 atom stereocenters. The van der Waals surface area contributed by atoms with Crippen LogP contribution in [0.25, 0.3) is 0 Å². The first-order chi connectivity index (χ1) is 10.7. The van der Waals surface area contributed by atoms with Gasteiger partial charge in [0.1, 0.15) is 0 Å². The topological polar surface area (TPSA) is 60.2 Å². The van der Waals surface area contributed by atoms with Crippen LogP contribution >= 0.6 is 22.9 Å². The summed E-state index contributed by atoms with van der Waals surface area (Å²) in [5.41, 5.74) is 0.254. The van der Waals surface area contributed by atoms with Gasteiger partial charge in [0, 0.05) is 23.3 Å². The number of methoxy groups -OCH3 is 1. The average molecular weight is 341 g/mol. The van der Waals surface area contributed by atoms with Gasteiger partial charge in [0.05, 0.1) is 24.4 Å². The number of nitrogens with zero attached hydrogens (tertiary/aromatic N) is 4. The van der Waals surface area contributed by atoms with Crippen LogP contribution in [-0.4, -0.2) is 46.1 Å². The highest BCUT2D eigenvalue weighted by Crippen LogP contribution is 2.25. The number of rotatable bonds is 4. The van der Waals surface area contributed by atoms with E-state index >= 15 is 0 Å². The van der Waals surface area contributed by atoms with Crippen molar-refractivity contribution in [2.75, 3.05) is 20.2 Å². The number of halogens is 1. The number of esters is 1. The van der Waals surface area contributed by atoms with Crippen LogP contribution in [0.2, 0.25) is 5.02 Å². The van der Waals surface area contributed by atoms with Crippen LogP contribution in [0.3, 0.4) is 0 Å². The Labute approximate surface area is 137 Å². The Morgan fingerprint density at radius 2 is 2.45 bits per heavy atom. The summed E-state index contributed by atoms with van der Waals surface area (Å²) < 4.78 is 6.44. The lowest BCUT2D eigenvalue weighted by Crippen LogP contribution is -2.36. The van der Waals surface area contributed by atoms with Gasteiger partial charge in [-0.05, 0) is 25.5 Å². The molecule has 118 valence electrons. The number of hydrogen-bond donors (Lipinski definition) is 0. The summed E-state index contributed by atoms with van der Waals surface area (Å²) in [5, 5.41) is 10.7. The first kappa shape index (κ1) is 15.5. The number of hydrogen-bond acceptors (Lipinski definition) is 6. The Balaban J connectivity index is 1.65. The van der Waals surface area contributed by atoms with Gasteiger partial charge in [-0.2, -0.15) is 0 Å². The van der Waals surface area contributed by atoms with Crippen molar-refractivity contribution < 1.29 is 9.53 Å². The normalized spacial score (nSPS) is 19.3. The van der Waals surface area contributed by atoms with Gasteiger partial charge >= 0.3 is 5.97 Å². The fourth-order valence-corrected chi connectivity index (χ4v) is 3.82. The fraction of sp³-hybridized carbons (Fsp3) is 0.500. The lowest BCUT2D eigenvalue weighted by Gasteiger charge is -2.32. The molecular formula is C14H17ClN4O2S. The third-order valence-electron chi connectivity index (χ3n) is 3.76. The largest absolute Gasteiger partial charge is 0.464 e. The maximum Gasteiger partial charge on any atom is 0.360 e. The number of aromatic nitrogens is 3. The van der Waals surface area contributed by atoms with E-state index in [1.165, 1.54) is 12.0 Å². The van der Waals surface area contributed by atoms with E-state index in [0.717, 1.165) is 37.5 Å². The molecule has 22 heavy (non-hydrogen) atoms. The van der Waals surface area contributed by atoms with E-state index in [9.17, 15) is 4.79 Å². The summed E-state index contributed by atoms with van der Waals surface area (Å²) in [7, 11) is 1.34. The van der Waals surface area contributed by atoms with Gasteiger partial charge in [0.2, 0.25) is 0 Å². The Bertz CT molecular complexity index is 657. The van der Waals surface area contributed by atoms with E-state index in [1.807, 2.05) is 11.4 Å². The van der Waals surface area contributed by atoms with Crippen molar-refractivity contribution in [1.29, 1.82) is 0 Å². The Morgan fingerprint density at radius 3 is 3.18 bits per heavy atom. The Morgan fingerprint density at radius 1 is 1.59 bits per heavy atom. The van der Waals surface area contributed by atoms with Gasteiger partial charge in [-0.15, -0.1) is 16.4 Å². The molecule has 0 radical (unpaired) electrons. The molecule has 2 aromatic heterocycles. The van der Waals surface area contributed by atoms with Crippen LogP contribution in [0, 0.1) is 0 Å². The molecule has 0 aliphatic carbocycles. The highest BCUT2D eigenvalue weighted by molar-refractivity contribution is 7.10. The van der Waals surface area contributed by atoms with Crippen LogP contribution < -0.4 is 0 Å². The van der Waals surface area contributed by atoms with Crippen LogP contribution in [0.15, 0.2) is 17.6 Å². The number of likely N-dealkylation sites (tertiary alicyclic amines) is 1. The predicted molar refractivity (Wildman–Crippen MR) is 84.2 cm³/mol. The van der Waals surface area contributed by atoms with Crippen molar-refractivity contribution in [1.82, 2.24) is 19.9 Å². The zero-order valence-electron chi connectivity index (χ0n) is 12.2. The van der Waals surface area contributed by atoms with Crippen LogP contribution in [0.5, 0.6) is 0 Å². The second-order valence-corrected chi connectivity index (χ2v) is 6.77. The molecule has 0 N–H and O–H groups in total. The van der Waals surface area contributed by atoms with Gasteiger partial charge in [-0.25, -0.2) is 9.48 Å². The van der Waals surface area contributed by atoms with E-state index < -0.39 is 5.97 Å². The molecule has 1 aliphatic rings. The molecule has 0 unspecified atom stereocenters. The smallest absolute Gasteiger partial charge is 0.360 e. The zero-order valence-corrected chi connectivity index (χ0v) is 13.8. The second kappa shape index (κ2) is 6.76. The molecule has 1 fully saturated rings. The summed E-state index contributed by atoms with van der Waals surface area (Å²) in [6.45, 7) is 2.84. The van der Waals surface area contributed by atoms with Crippen LogP contribution in [0.4, 0.5) is 0 Å². The number of carbonyl (C=O) groups excluding carboxylic acids is 1. The molecule has 1 saturated heterocycles. The van der Waals surface area contributed by atoms with Crippen molar-refractivity contribution >= 4 is 28.9 Å². The van der Waals surface area contributed by atoms with Crippen molar-refractivity contribution in [2.45, 2.75) is 25.4 Å². The molecule has 6 nitrogen and oxygen atoms in total. The molecule has 8 heteroatoms. The molecule has 0 amide bonds. The van der Waals surface area contributed by atoms with Crippen molar-refractivity contribution in [3.05, 3.63) is 33.2 Å². The summed E-state index contributed by atoms with van der Waals surface area (Å²) in [6, 6.07) is 2.25. The molecule has 0 spiro atoms. The standard InChI is InChI=1S/C14H17ClN4O2S/c1-21-14(20)13-8-19(17-16-13)11-3-2-4-18(6-11)7-12-5-10(15)9-22-12/h5,8-9,11H,2-4,6-7H2,1H3/t11-/m0/s1. The van der Waals surface area contributed by atoms with Gasteiger partial charge in [0.25, 0.3) is 0 Å². The van der Waals surface area contributed by atoms with E-state index in [1.54, 1.807) is 22.2 Å². The van der Waals surface area contributed by atoms with E-state index in [4.69, 9.17) is 11.6 Å². The third-order valence-corrected chi connectivity index (χ3v) is 5.03. The number of carbonyl (C=O) groups is 1. The van der Waals surface area contributed by atoms with Gasteiger partial charge in [-0.1, -0.05) is 16.8 Å².